The van der Waals surface area contributed by atoms with E-state index < -0.39 is 46.8 Å². The summed E-state index contributed by atoms with van der Waals surface area (Å²) in [7, 11) is 1.49. The lowest BCUT2D eigenvalue weighted by Gasteiger charge is -2.51. The van der Waals surface area contributed by atoms with Crippen LogP contribution in [0, 0.1) is 23.7 Å². The minimum atomic E-state index is -1.54. The van der Waals surface area contributed by atoms with E-state index in [1.807, 2.05) is 36.4 Å². The molecule has 10 heteroatoms. The van der Waals surface area contributed by atoms with Gasteiger partial charge >= 0.3 is 0 Å². The molecule has 2 aliphatic carbocycles. The van der Waals surface area contributed by atoms with Crippen LogP contribution in [0.25, 0.3) is 0 Å². The monoisotopic (exact) mass is 702 g/mol. The first-order valence-corrected chi connectivity index (χ1v) is 17.4. The number of hydrogen-bond acceptors (Lipinski definition) is 7. The number of anilines is 1. The summed E-state index contributed by atoms with van der Waals surface area (Å²) < 4.78 is 5.84. The lowest BCUT2D eigenvalue weighted by molar-refractivity contribution is -0.140. The molecule has 0 spiro atoms. The standard InChI is InChI=1S/C41H35ClN2O7/c1-51-33-12-6-11-32(46)35(33)36-28-17-18-29-34(39(49)43(37(29)47)20-19-23-13-15-27(45)16-14-23)30(28)22-31-38(48)44(26-10-5-9-25(42)21-26)40(50)41(31,36)24-7-3-2-4-8-24/h2-17,21,29-31,34,36,45-46H,18-20,22H2,1H3/t29-,30+,31-,34-,36+,41+/m0/s1. The van der Waals surface area contributed by atoms with Crippen molar-refractivity contribution in [3.8, 4) is 17.2 Å². The van der Waals surface area contributed by atoms with Crippen molar-refractivity contribution in [2.45, 2.75) is 30.6 Å². The number of rotatable bonds is 7. The lowest BCUT2D eigenvalue weighted by atomic mass is 9.49. The zero-order valence-corrected chi connectivity index (χ0v) is 28.5. The van der Waals surface area contributed by atoms with Crippen molar-refractivity contribution in [2.24, 2.45) is 23.7 Å². The van der Waals surface area contributed by atoms with Crippen LogP contribution in [0.3, 0.4) is 0 Å². The fraction of sp³-hybridized carbons (Fsp3) is 0.268. The number of fused-ring (bicyclic) bond motifs is 4. The van der Waals surface area contributed by atoms with Crippen molar-refractivity contribution in [1.29, 1.82) is 0 Å². The second-order valence-electron chi connectivity index (χ2n) is 13.7. The van der Waals surface area contributed by atoms with Gasteiger partial charge in [0.1, 0.15) is 17.2 Å². The Labute approximate surface area is 299 Å². The molecule has 1 saturated carbocycles. The molecule has 4 aromatic carbocycles. The summed E-state index contributed by atoms with van der Waals surface area (Å²) in [5.74, 6) is -4.96. The van der Waals surface area contributed by atoms with Gasteiger partial charge in [-0.2, -0.15) is 0 Å². The van der Waals surface area contributed by atoms with Crippen LogP contribution in [0.1, 0.15) is 35.4 Å². The topological polar surface area (TPSA) is 124 Å². The highest BCUT2D eigenvalue weighted by Gasteiger charge is 2.70. The molecule has 2 aliphatic heterocycles. The molecular weight excluding hydrogens is 668 g/mol. The van der Waals surface area contributed by atoms with E-state index in [0.717, 1.165) is 11.1 Å². The normalized spacial score (nSPS) is 26.9. The van der Waals surface area contributed by atoms with Crippen LogP contribution in [0.2, 0.25) is 5.02 Å². The first-order chi connectivity index (χ1) is 24.7. The SMILES string of the molecule is COc1cccc(O)c1[C@H]1C2=CC[C@@H]3C(=O)N(CCc4ccc(O)cc4)C(=O)[C@@H]3[C@@H]2C[C@H]2C(=O)N(c3cccc(Cl)c3)C(=O)[C@@]12c1ccccc1. The van der Waals surface area contributed by atoms with Crippen molar-refractivity contribution >= 4 is 40.9 Å². The predicted molar refractivity (Wildman–Crippen MR) is 189 cm³/mol. The first kappa shape index (κ1) is 32.8. The molecule has 0 radical (unpaired) electrons. The van der Waals surface area contributed by atoms with Crippen molar-refractivity contribution in [3.05, 3.63) is 130 Å². The fourth-order valence-corrected chi connectivity index (χ4v) is 9.43. The summed E-state index contributed by atoms with van der Waals surface area (Å²) in [6.45, 7) is 0.172. The van der Waals surface area contributed by atoms with Crippen molar-refractivity contribution in [1.82, 2.24) is 4.90 Å². The number of aromatic hydroxyl groups is 2. The number of ether oxygens (including phenoxy) is 1. The Balaban J connectivity index is 1.30. The van der Waals surface area contributed by atoms with Gasteiger partial charge in [0.2, 0.25) is 23.6 Å². The fourth-order valence-electron chi connectivity index (χ4n) is 9.25. The van der Waals surface area contributed by atoms with Gasteiger partial charge in [-0.05, 0) is 78.8 Å². The molecule has 2 N–H and O–H groups in total. The Morgan fingerprint density at radius 3 is 2.31 bits per heavy atom. The molecule has 0 aromatic heterocycles. The van der Waals surface area contributed by atoms with Crippen LogP contribution in [0.15, 0.2) is 109 Å². The second kappa shape index (κ2) is 12.4. The number of likely N-dealkylation sites (tertiary alicyclic amines) is 1. The van der Waals surface area contributed by atoms with Crippen molar-refractivity contribution < 1.29 is 34.1 Å². The Morgan fingerprint density at radius 2 is 1.59 bits per heavy atom. The summed E-state index contributed by atoms with van der Waals surface area (Å²) in [6, 6.07) is 27.3. The highest BCUT2D eigenvalue weighted by molar-refractivity contribution is 6.32. The summed E-state index contributed by atoms with van der Waals surface area (Å²) in [5, 5.41) is 21.7. The van der Waals surface area contributed by atoms with E-state index in [-0.39, 0.29) is 42.7 Å². The predicted octanol–water partition coefficient (Wildman–Crippen LogP) is 6.16. The number of halogens is 1. The Kier molecular flexibility index (Phi) is 7.98. The van der Waals surface area contributed by atoms with Gasteiger partial charge in [0.25, 0.3) is 0 Å². The number of imide groups is 2. The molecule has 51 heavy (non-hydrogen) atoms. The quantitative estimate of drug-likeness (QED) is 0.175. The van der Waals surface area contributed by atoms with Gasteiger partial charge in [0, 0.05) is 23.0 Å². The average molecular weight is 703 g/mol. The molecule has 2 saturated heterocycles. The number of phenolic OH excluding ortho intramolecular Hbond substituents is 2. The average Bonchev–Trinajstić information content (AvgIpc) is 3.52. The minimum Gasteiger partial charge on any atom is -0.508 e. The summed E-state index contributed by atoms with van der Waals surface area (Å²) in [6.07, 6.45) is 2.78. The smallest absolute Gasteiger partial charge is 0.246 e. The maximum absolute atomic E-state index is 15.4. The summed E-state index contributed by atoms with van der Waals surface area (Å²) in [5.41, 5.74) is 1.33. The number of methoxy groups -OCH3 is 1. The Bertz CT molecular complexity index is 2120. The van der Waals surface area contributed by atoms with Crippen LogP contribution in [0.5, 0.6) is 17.2 Å². The third-order valence-electron chi connectivity index (χ3n) is 11.4. The number of nitrogens with zero attached hydrogens (tertiary/aromatic N) is 2. The van der Waals surface area contributed by atoms with E-state index in [9.17, 15) is 24.6 Å². The lowest BCUT2D eigenvalue weighted by Crippen LogP contribution is -2.53. The van der Waals surface area contributed by atoms with Gasteiger partial charge in [-0.3, -0.25) is 24.1 Å². The van der Waals surface area contributed by atoms with E-state index >= 15 is 4.79 Å². The number of amides is 4. The molecule has 4 aliphatic rings. The molecule has 6 atom stereocenters. The zero-order valence-electron chi connectivity index (χ0n) is 27.7. The third kappa shape index (κ3) is 4.89. The maximum Gasteiger partial charge on any atom is 0.246 e. The van der Waals surface area contributed by atoms with Gasteiger partial charge in [0.15, 0.2) is 0 Å². The third-order valence-corrected chi connectivity index (χ3v) is 11.6. The largest absolute Gasteiger partial charge is 0.508 e. The van der Waals surface area contributed by atoms with Crippen molar-refractivity contribution in [3.63, 3.8) is 0 Å². The number of hydrogen-bond donors (Lipinski definition) is 2. The van der Waals surface area contributed by atoms with Gasteiger partial charge in [-0.25, -0.2) is 4.90 Å². The highest BCUT2D eigenvalue weighted by Crippen LogP contribution is 2.66. The number of phenols is 2. The molecule has 0 bridgehead atoms. The molecular formula is C41H35ClN2O7. The Hall–Kier alpha value is -5.41. The van der Waals surface area contributed by atoms with E-state index in [1.165, 1.54) is 23.0 Å². The van der Waals surface area contributed by atoms with Gasteiger partial charge in [-0.1, -0.05) is 77.8 Å². The van der Waals surface area contributed by atoms with E-state index in [1.54, 1.807) is 60.7 Å². The Morgan fingerprint density at radius 1 is 0.843 bits per heavy atom. The van der Waals surface area contributed by atoms with Crippen LogP contribution in [-0.4, -0.2) is 52.4 Å². The molecule has 258 valence electrons. The van der Waals surface area contributed by atoms with Crippen molar-refractivity contribution in [2.75, 3.05) is 18.6 Å². The molecule has 4 amide bonds. The summed E-state index contributed by atoms with van der Waals surface area (Å²) in [4.78, 5) is 61.1. The summed E-state index contributed by atoms with van der Waals surface area (Å²) >= 11 is 6.39. The van der Waals surface area contributed by atoms with Gasteiger partial charge in [-0.15, -0.1) is 0 Å². The van der Waals surface area contributed by atoms with E-state index in [0.29, 0.717) is 34.0 Å². The zero-order chi connectivity index (χ0) is 35.6. The minimum absolute atomic E-state index is 0.108. The van der Waals surface area contributed by atoms with E-state index in [4.69, 9.17) is 16.3 Å². The maximum atomic E-state index is 15.4. The van der Waals surface area contributed by atoms with Crippen LogP contribution >= 0.6 is 11.6 Å². The second-order valence-corrected chi connectivity index (χ2v) is 14.2. The number of benzene rings is 4. The molecule has 3 fully saturated rings. The molecule has 4 aromatic rings. The number of allylic oxidation sites excluding steroid dienone is 2. The van der Waals surface area contributed by atoms with E-state index in [2.05, 4.69) is 0 Å². The van der Waals surface area contributed by atoms with Crippen LogP contribution in [-0.2, 0) is 31.0 Å². The van der Waals surface area contributed by atoms with Gasteiger partial charge < -0.3 is 14.9 Å². The van der Waals surface area contributed by atoms with Crippen LogP contribution in [0.4, 0.5) is 5.69 Å². The molecule has 8 rings (SSSR count). The molecule has 0 unspecified atom stereocenters. The number of carbonyl (C=O) groups is 4. The highest BCUT2D eigenvalue weighted by atomic mass is 35.5. The first-order valence-electron chi connectivity index (χ1n) is 17.0. The van der Waals surface area contributed by atoms with Crippen LogP contribution < -0.4 is 9.64 Å². The molecule has 9 nitrogen and oxygen atoms in total. The molecule has 2 heterocycles. The van der Waals surface area contributed by atoms with Gasteiger partial charge in [0.05, 0.1) is 36.0 Å². The number of carbonyl (C=O) groups excluding carboxylic acids is 4.